The highest BCUT2D eigenvalue weighted by Gasteiger charge is 2.15. The number of amides is 2. The van der Waals surface area contributed by atoms with Crippen LogP contribution in [0.4, 0.5) is 0 Å². The van der Waals surface area contributed by atoms with Gasteiger partial charge in [0.1, 0.15) is 11.3 Å². The molecule has 8 heteroatoms. The minimum absolute atomic E-state index is 0.0219. The average Bonchev–Trinajstić information content (AvgIpc) is 3.02. The van der Waals surface area contributed by atoms with E-state index in [1.54, 1.807) is 4.40 Å². The molecule has 2 rings (SSSR count). The Labute approximate surface area is 170 Å². The van der Waals surface area contributed by atoms with E-state index in [2.05, 4.69) is 15.6 Å². The number of hydrogen-bond donors (Lipinski definition) is 3. The van der Waals surface area contributed by atoms with Gasteiger partial charge in [-0.15, -0.1) is 0 Å². The molecule has 2 heterocycles. The first-order valence-corrected chi connectivity index (χ1v) is 10.2. The van der Waals surface area contributed by atoms with Gasteiger partial charge < -0.3 is 15.7 Å². The summed E-state index contributed by atoms with van der Waals surface area (Å²) in [6.45, 7) is 2.98. The Morgan fingerprint density at radius 2 is 1.66 bits per heavy atom. The molecule has 0 aliphatic carbocycles. The molecule has 8 nitrogen and oxygen atoms in total. The Kier molecular flexibility index (Phi) is 9.14. The molecular formula is C21H30N4O4. The van der Waals surface area contributed by atoms with Gasteiger partial charge in [-0.25, -0.2) is 4.98 Å². The van der Waals surface area contributed by atoms with Crippen molar-refractivity contribution in [3.05, 3.63) is 35.8 Å². The molecule has 0 saturated heterocycles. The Bertz CT molecular complexity index is 831. The monoisotopic (exact) mass is 402 g/mol. The maximum Gasteiger partial charge on any atom is 0.303 e. The molecule has 0 aliphatic heterocycles. The molecule has 29 heavy (non-hydrogen) atoms. The van der Waals surface area contributed by atoms with E-state index < -0.39 is 5.97 Å². The Morgan fingerprint density at radius 1 is 0.966 bits per heavy atom. The first kappa shape index (κ1) is 22.4. The predicted molar refractivity (Wildman–Crippen MR) is 110 cm³/mol. The van der Waals surface area contributed by atoms with Crippen molar-refractivity contribution in [2.45, 2.75) is 58.3 Å². The maximum absolute atomic E-state index is 12.4. The van der Waals surface area contributed by atoms with E-state index in [-0.39, 0.29) is 18.2 Å². The maximum atomic E-state index is 12.4. The molecule has 158 valence electrons. The zero-order valence-electron chi connectivity index (χ0n) is 16.9. The number of nitrogens with one attached hydrogen (secondary N) is 2. The second-order valence-electron chi connectivity index (χ2n) is 7.10. The fourth-order valence-corrected chi connectivity index (χ4v) is 3.15. The van der Waals surface area contributed by atoms with Crippen LogP contribution in [0.3, 0.4) is 0 Å². The van der Waals surface area contributed by atoms with Crippen molar-refractivity contribution in [1.82, 2.24) is 20.0 Å². The van der Waals surface area contributed by atoms with Crippen molar-refractivity contribution in [2.24, 2.45) is 0 Å². The Balaban J connectivity index is 1.54. The molecular weight excluding hydrogens is 372 g/mol. The third-order valence-electron chi connectivity index (χ3n) is 4.68. The van der Waals surface area contributed by atoms with Gasteiger partial charge in [0.15, 0.2) is 0 Å². The summed E-state index contributed by atoms with van der Waals surface area (Å²) >= 11 is 0. The number of unbranched alkanes of at least 4 members (excludes halogenated alkanes) is 4. The van der Waals surface area contributed by atoms with Crippen molar-refractivity contribution in [3.8, 4) is 0 Å². The number of aliphatic carboxylic acids is 1. The van der Waals surface area contributed by atoms with E-state index in [4.69, 9.17) is 5.11 Å². The molecule has 2 aromatic rings. The van der Waals surface area contributed by atoms with Crippen LogP contribution in [0.5, 0.6) is 0 Å². The molecule has 2 aromatic heterocycles. The van der Waals surface area contributed by atoms with Gasteiger partial charge in [-0.05, 0) is 44.7 Å². The summed E-state index contributed by atoms with van der Waals surface area (Å²) in [6.07, 6.45) is 7.17. The molecule has 0 radical (unpaired) electrons. The molecule has 0 fully saturated rings. The molecule has 2 amide bonds. The molecule has 0 atom stereocenters. The van der Waals surface area contributed by atoms with Crippen molar-refractivity contribution >= 4 is 23.4 Å². The third-order valence-corrected chi connectivity index (χ3v) is 4.68. The summed E-state index contributed by atoms with van der Waals surface area (Å²) in [5.74, 6) is -0.894. The number of nitrogens with zero attached hydrogens (tertiary/aromatic N) is 2. The van der Waals surface area contributed by atoms with Gasteiger partial charge in [0.2, 0.25) is 5.91 Å². The Morgan fingerprint density at radius 3 is 2.38 bits per heavy atom. The predicted octanol–water partition coefficient (Wildman–Crippen LogP) is 2.69. The summed E-state index contributed by atoms with van der Waals surface area (Å²) in [5.41, 5.74) is 2.01. The number of fused-ring (bicyclic) bond motifs is 1. The summed E-state index contributed by atoms with van der Waals surface area (Å²) < 4.78 is 1.79. The number of pyridine rings is 1. The van der Waals surface area contributed by atoms with Gasteiger partial charge in [0.25, 0.3) is 5.91 Å². The van der Waals surface area contributed by atoms with E-state index in [1.807, 2.05) is 31.3 Å². The van der Waals surface area contributed by atoms with Gasteiger partial charge in [-0.2, -0.15) is 0 Å². The quantitative estimate of drug-likeness (QED) is 0.446. The van der Waals surface area contributed by atoms with Crippen molar-refractivity contribution in [3.63, 3.8) is 0 Å². The summed E-state index contributed by atoms with van der Waals surface area (Å²) in [6, 6.07) is 5.62. The number of aryl methyl sites for hydroxylation is 1. The zero-order chi connectivity index (χ0) is 21.1. The fourth-order valence-electron chi connectivity index (χ4n) is 3.15. The van der Waals surface area contributed by atoms with Crippen LogP contribution in [-0.2, 0) is 9.59 Å². The van der Waals surface area contributed by atoms with Crippen LogP contribution in [0.2, 0.25) is 0 Å². The van der Waals surface area contributed by atoms with E-state index in [1.165, 1.54) is 0 Å². The molecule has 0 aromatic carbocycles. The first-order valence-electron chi connectivity index (χ1n) is 10.2. The van der Waals surface area contributed by atoms with Crippen LogP contribution >= 0.6 is 0 Å². The fraction of sp³-hybridized carbons (Fsp3) is 0.524. The Hall–Kier alpha value is -2.90. The minimum atomic E-state index is -0.779. The second-order valence-corrected chi connectivity index (χ2v) is 7.10. The van der Waals surface area contributed by atoms with E-state index in [9.17, 15) is 14.4 Å². The van der Waals surface area contributed by atoms with Crippen LogP contribution in [0.15, 0.2) is 24.4 Å². The van der Waals surface area contributed by atoms with Crippen LogP contribution in [0.1, 0.15) is 67.5 Å². The number of carbonyl (C=O) groups is 3. The topological polar surface area (TPSA) is 113 Å². The summed E-state index contributed by atoms with van der Waals surface area (Å²) in [5, 5.41) is 14.3. The standard InChI is InChI=1S/C21H30N4O4/c1-16-20(25-15-9-6-10-17(25)24-16)21(29)23-14-8-2-4-11-18(26)22-13-7-3-5-12-19(27)28/h6,9-10,15H,2-5,7-8,11-14H2,1H3,(H,22,26)(H,23,29)(H,27,28). The van der Waals surface area contributed by atoms with E-state index in [0.717, 1.165) is 37.8 Å². The highest BCUT2D eigenvalue weighted by molar-refractivity contribution is 5.94. The van der Waals surface area contributed by atoms with Crippen molar-refractivity contribution in [1.29, 1.82) is 0 Å². The number of aromatic nitrogens is 2. The summed E-state index contributed by atoms with van der Waals surface area (Å²) in [7, 11) is 0. The zero-order valence-corrected chi connectivity index (χ0v) is 16.9. The summed E-state index contributed by atoms with van der Waals surface area (Å²) in [4.78, 5) is 39.0. The van der Waals surface area contributed by atoms with Crippen LogP contribution in [0, 0.1) is 6.92 Å². The minimum Gasteiger partial charge on any atom is -0.481 e. The van der Waals surface area contributed by atoms with Gasteiger partial charge in [-0.1, -0.05) is 18.9 Å². The van der Waals surface area contributed by atoms with Crippen LogP contribution in [-0.4, -0.2) is 45.4 Å². The number of rotatable bonds is 13. The van der Waals surface area contributed by atoms with Crippen molar-refractivity contribution < 1.29 is 19.5 Å². The highest BCUT2D eigenvalue weighted by Crippen LogP contribution is 2.11. The number of hydrogen-bond acceptors (Lipinski definition) is 4. The first-order chi connectivity index (χ1) is 14.0. The lowest BCUT2D eigenvalue weighted by Gasteiger charge is -2.07. The molecule has 3 N–H and O–H groups in total. The SMILES string of the molecule is Cc1nc2ccccn2c1C(=O)NCCCCCC(=O)NCCCCCC(=O)O. The number of carboxylic acids is 1. The lowest BCUT2D eigenvalue weighted by Crippen LogP contribution is -2.26. The smallest absolute Gasteiger partial charge is 0.303 e. The molecule has 0 aliphatic rings. The highest BCUT2D eigenvalue weighted by atomic mass is 16.4. The number of carboxylic acid groups (broad SMARTS) is 1. The van der Waals surface area contributed by atoms with E-state index >= 15 is 0 Å². The van der Waals surface area contributed by atoms with Gasteiger partial charge in [0, 0.05) is 32.1 Å². The second kappa shape index (κ2) is 11.8. The van der Waals surface area contributed by atoms with Gasteiger partial charge in [0.05, 0.1) is 5.69 Å². The average molecular weight is 402 g/mol. The number of imidazole rings is 1. The number of carbonyl (C=O) groups excluding carboxylic acids is 2. The molecule has 0 spiro atoms. The van der Waals surface area contributed by atoms with Crippen molar-refractivity contribution in [2.75, 3.05) is 13.1 Å². The third kappa shape index (κ3) is 7.56. The van der Waals surface area contributed by atoms with Gasteiger partial charge in [-0.3, -0.25) is 18.8 Å². The molecule has 0 unspecified atom stereocenters. The molecule has 0 saturated carbocycles. The van der Waals surface area contributed by atoms with Crippen LogP contribution in [0.25, 0.3) is 5.65 Å². The van der Waals surface area contributed by atoms with E-state index in [0.29, 0.717) is 37.3 Å². The largest absolute Gasteiger partial charge is 0.481 e. The lowest BCUT2D eigenvalue weighted by atomic mass is 10.1. The molecule has 0 bridgehead atoms. The normalized spacial score (nSPS) is 10.8. The van der Waals surface area contributed by atoms with Crippen LogP contribution < -0.4 is 10.6 Å². The lowest BCUT2D eigenvalue weighted by molar-refractivity contribution is -0.137. The van der Waals surface area contributed by atoms with Gasteiger partial charge >= 0.3 is 5.97 Å².